The molecule has 7 heteroatoms. The molecule has 7 nitrogen and oxygen atoms in total. The molecule has 1 atom stereocenters. The molecule has 20 heavy (non-hydrogen) atoms. The summed E-state index contributed by atoms with van der Waals surface area (Å²) in [6.07, 6.45) is 1.51. The van der Waals surface area contributed by atoms with Crippen molar-refractivity contribution < 1.29 is 14.3 Å². The number of rotatable bonds is 1. The second-order valence-electron chi connectivity index (χ2n) is 4.96. The molecule has 3 rings (SSSR count). The normalized spacial score (nSPS) is 21.4. The number of morpholine rings is 1. The van der Waals surface area contributed by atoms with Gasteiger partial charge in [0, 0.05) is 18.7 Å². The van der Waals surface area contributed by atoms with E-state index in [-0.39, 0.29) is 18.0 Å². The van der Waals surface area contributed by atoms with Crippen LogP contribution in [0.15, 0.2) is 12.3 Å². The molecule has 1 aromatic rings. The van der Waals surface area contributed by atoms with Crippen molar-refractivity contribution in [3.8, 4) is 0 Å². The third-order valence-corrected chi connectivity index (χ3v) is 3.50. The molecule has 0 bridgehead atoms. The maximum Gasteiger partial charge on any atom is 0.322 e. The number of pyridine rings is 1. The van der Waals surface area contributed by atoms with Crippen LogP contribution < -0.4 is 10.6 Å². The molecule has 0 spiro atoms. The second kappa shape index (κ2) is 5.09. The fourth-order valence-electron chi connectivity index (χ4n) is 2.40. The van der Waals surface area contributed by atoms with Crippen LogP contribution in [0.5, 0.6) is 0 Å². The van der Waals surface area contributed by atoms with E-state index in [1.807, 2.05) is 6.92 Å². The molecule has 2 aliphatic heterocycles. The highest BCUT2D eigenvalue weighted by atomic mass is 16.5. The second-order valence-corrected chi connectivity index (χ2v) is 4.96. The third-order valence-electron chi connectivity index (χ3n) is 3.50. The van der Waals surface area contributed by atoms with E-state index in [1.54, 1.807) is 11.0 Å². The maximum absolute atomic E-state index is 12.2. The molecule has 2 aliphatic rings. The first-order valence-corrected chi connectivity index (χ1v) is 6.57. The fourth-order valence-corrected chi connectivity index (χ4v) is 2.40. The van der Waals surface area contributed by atoms with E-state index < -0.39 is 0 Å². The van der Waals surface area contributed by atoms with E-state index in [9.17, 15) is 9.59 Å². The van der Waals surface area contributed by atoms with Gasteiger partial charge in [-0.15, -0.1) is 0 Å². The predicted octanol–water partition coefficient (Wildman–Crippen LogP) is 0.578. The summed E-state index contributed by atoms with van der Waals surface area (Å²) < 4.78 is 5.30. The smallest absolute Gasteiger partial charge is 0.322 e. The molecule has 0 unspecified atom stereocenters. The highest BCUT2D eigenvalue weighted by molar-refractivity contribution is 5.97. The Balaban J connectivity index is 1.71. The number of fused-ring (bicyclic) bond motifs is 1. The van der Waals surface area contributed by atoms with Crippen LogP contribution in [-0.2, 0) is 11.3 Å². The lowest BCUT2D eigenvalue weighted by molar-refractivity contribution is 0.0221. The predicted molar refractivity (Wildman–Crippen MR) is 71.4 cm³/mol. The molecule has 3 heterocycles. The number of aromatic nitrogens is 1. The number of urea groups is 1. The summed E-state index contributed by atoms with van der Waals surface area (Å²) in [5.41, 5.74) is 1.84. The van der Waals surface area contributed by atoms with Crippen LogP contribution in [0.1, 0.15) is 23.0 Å². The van der Waals surface area contributed by atoms with Crippen LogP contribution in [0, 0.1) is 0 Å². The summed E-state index contributed by atoms with van der Waals surface area (Å²) in [6, 6.07) is 1.66. The molecule has 0 aliphatic carbocycles. The number of carbonyl (C=O) groups is 2. The highest BCUT2D eigenvalue weighted by Crippen LogP contribution is 2.18. The Morgan fingerprint density at radius 3 is 3.25 bits per heavy atom. The van der Waals surface area contributed by atoms with E-state index in [2.05, 4.69) is 15.6 Å². The minimum absolute atomic E-state index is 0.0504. The van der Waals surface area contributed by atoms with Gasteiger partial charge in [-0.05, 0) is 13.0 Å². The first-order valence-electron chi connectivity index (χ1n) is 6.57. The molecule has 0 aromatic carbocycles. The number of anilines is 1. The number of amides is 3. The number of ether oxygens (including phenoxy) is 1. The van der Waals surface area contributed by atoms with E-state index in [4.69, 9.17) is 4.74 Å². The summed E-state index contributed by atoms with van der Waals surface area (Å²) in [5, 5.41) is 5.51. The van der Waals surface area contributed by atoms with Crippen molar-refractivity contribution in [3.63, 3.8) is 0 Å². The SMILES string of the molecule is C[C@H]1COCCN1C(=O)Nc1cnc2c(c1)CNC2=O. The van der Waals surface area contributed by atoms with Crippen molar-refractivity contribution in [1.82, 2.24) is 15.2 Å². The summed E-state index contributed by atoms with van der Waals surface area (Å²) in [5.74, 6) is -0.167. The average Bonchev–Trinajstić information content (AvgIpc) is 2.80. The lowest BCUT2D eigenvalue weighted by Crippen LogP contribution is -2.48. The molecule has 0 radical (unpaired) electrons. The van der Waals surface area contributed by atoms with E-state index >= 15 is 0 Å². The standard InChI is InChI=1S/C13H16N4O3/c1-8-7-20-3-2-17(8)13(19)16-10-4-9-5-15-12(18)11(9)14-6-10/h4,6,8H,2-3,5,7H2,1H3,(H,15,18)(H,16,19)/t8-/m0/s1. The van der Waals surface area contributed by atoms with Gasteiger partial charge in [-0.25, -0.2) is 9.78 Å². The van der Waals surface area contributed by atoms with Crippen LogP contribution in [0.4, 0.5) is 10.5 Å². The summed E-state index contributed by atoms with van der Waals surface area (Å²) >= 11 is 0. The Bertz CT molecular complexity index is 561. The van der Waals surface area contributed by atoms with Gasteiger partial charge in [-0.2, -0.15) is 0 Å². The molecular formula is C13H16N4O3. The molecule has 1 aromatic heterocycles. The zero-order valence-electron chi connectivity index (χ0n) is 11.2. The summed E-state index contributed by atoms with van der Waals surface area (Å²) in [6.45, 7) is 4.08. The lowest BCUT2D eigenvalue weighted by Gasteiger charge is -2.33. The van der Waals surface area contributed by atoms with Crippen LogP contribution in [0.3, 0.4) is 0 Å². The number of hydrogen-bond donors (Lipinski definition) is 2. The molecular weight excluding hydrogens is 260 g/mol. The zero-order chi connectivity index (χ0) is 14.1. The first kappa shape index (κ1) is 12.9. The lowest BCUT2D eigenvalue weighted by atomic mass is 10.2. The van der Waals surface area contributed by atoms with Gasteiger partial charge in [-0.3, -0.25) is 4.79 Å². The van der Waals surface area contributed by atoms with Gasteiger partial charge in [0.15, 0.2) is 0 Å². The molecule has 1 saturated heterocycles. The Morgan fingerprint density at radius 2 is 2.45 bits per heavy atom. The monoisotopic (exact) mass is 276 g/mol. The van der Waals surface area contributed by atoms with Gasteiger partial charge in [-0.1, -0.05) is 0 Å². The minimum atomic E-state index is -0.167. The van der Waals surface area contributed by atoms with Gasteiger partial charge in [0.05, 0.1) is 31.1 Å². The van der Waals surface area contributed by atoms with Crippen molar-refractivity contribution in [2.45, 2.75) is 19.5 Å². The third kappa shape index (κ3) is 2.32. The molecule has 106 valence electrons. The van der Waals surface area contributed by atoms with E-state index in [1.165, 1.54) is 6.20 Å². The largest absolute Gasteiger partial charge is 0.377 e. The average molecular weight is 276 g/mol. The van der Waals surface area contributed by atoms with Gasteiger partial charge >= 0.3 is 6.03 Å². The zero-order valence-corrected chi connectivity index (χ0v) is 11.2. The topological polar surface area (TPSA) is 83.6 Å². The Kier molecular flexibility index (Phi) is 3.27. The molecule has 1 fully saturated rings. The quantitative estimate of drug-likeness (QED) is 0.786. The van der Waals surface area contributed by atoms with Crippen molar-refractivity contribution in [1.29, 1.82) is 0 Å². The Labute approximate surface area is 116 Å². The van der Waals surface area contributed by atoms with Crippen LogP contribution >= 0.6 is 0 Å². The van der Waals surface area contributed by atoms with Crippen molar-refractivity contribution in [2.75, 3.05) is 25.1 Å². The van der Waals surface area contributed by atoms with Crippen molar-refractivity contribution in [2.24, 2.45) is 0 Å². The fraction of sp³-hybridized carbons (Fsp3) is 0.462. The van der Waals surface area contributed by atoms with Gasteiger partial charge < -0.3 is 20.3 Å². The number of nitrogens with one attached hydrogen (secondary N) is 2. The summed E-state index contributed by atoms with van der Waals surface area (Å²) in [4.78, 5) is 29.4. The van der Waals surface area contributed by atoms with Gasteiger partial charge in [0.2, 0.25) is 0 Å². The van der Waals surface area contributed by atoms with E-state index in [0.717, 1.165) is 5.56 Å². The van der Waals surface area contributed by atoms with Crippen molar-refractivity contribution in [3.05, 3.63) is 23.5 Å². The maximum atomic E-state index is 12.2. The molecule has 2 N–H and O–H groups in total. The highest BCUT2D eigenvalue weighted by Gasteiger charge is 2.25. The van der Waals surface area contributed by atoms with Crippen LogP contribution in [0.2, 0.25) is 0 Å². The van der Waals surface area contributed by atoms with Gasteiger partial charge in [0.1, 0.15) is 5.69 Å². The van der Waals surface area contributed by atoms with Gasteiger partial charge in [0.25, 0.3) is 5.91 Å². The minimum Gasteiger partial charge on any atom is -0.377 e. The first-order chi connectivity index (χ1) is 9.65. The van der Waals surface area contributed by atoms with Crippen LogP contribution in [-0.4, -0.2) is 47.6 Å². The number of carbonyl (C=O) groups excluding carboxylic acids is 2. The van der Waals surface area contributed by atoms with Crippen molar-refractivity contribution >= 4 is 17.6 Å². The number of hydrogen-bond acceptors (Lipinski definition) is 4. The Hall–Kier alpha value is -2.15. The Morgan fingerprint density at radius 1 is 1.60 bits per heavy atom. The summed E-state index contributed by atoms with van der Waals surface area (Å²) in [7, 11) is 0. The number of nitrogens with zero attached hydrogens (tertiary/aromatic N) is 2. The van der Waals surface area contributed by atoms with E-state index in [0.29, 0.717) is 37.7 Å². The van der Waals surface area contributed by atoms with Crippen LogP contribution in [0.25, 0.3) is 0 Å². The molecule has 0 saturated carbocycles. The molecule has 3 amide bonds.